The zero-order chi connectivity index (χ0) is 14.3. The molecule has 1 aliphatic rings. The first-order valence-electron chi connectivity index (χ1n) is 7.62. The summed E-state index contributed by atoms with van der Waals surface area (Å²) in [5.41, 5.74) is 2.26. The fourth-order valence-corrected chi connectivity index (χ4v) is 3.30. The van der Waals surface area contributed by atoms with Crippen LogP contribution in [0.15, 0.2) is 12.3 Å². The summed E-state index contributed by atoms with van der Waals surface area (Å²) in [6.07, 6.45) is 4.44. The van der Waals surface area contributed by atoms with Crippen LogP contribution in [-0.4, -0.2) is 38.4 Å². The van der Waals surface area contributed by atoms with E-state index < -0.39 is 0 Å². The molecule has 0 aliphatic carbocycles. The number of aryl methyl sites for hydroxylation is 2. The van der Waals surface area contributed by atoms with E-state index in [1.807, 2.05) is 6.20 Å². The van der Waals surface area contributed by atoms with Gasteiger partial charge in [0.1, 0.15) is 11.6 Å². The number of fused-ring (bicyclic) bond motifs is 1. The molecule has 1 aliphatic heterocycles. The van der Waals surface area contributed by atoms with Gasteiger partial charge in [0.2, 0.25) is 0 Å². The lowest BCUT2D eigenvalue weighted by Gasteiger charge is -2.35. The van der Waals surface area contributed by atoms with E-state index in [1.165, 1.54) is 30.7 Å². The molecule has 0 aromatic carbocycles. The van der Waals surface area contributed by atoms with Gasteiger partial charge in [-0.3, -0.25) is 4.40 Å². The van der Waals surface area contributed by atoms with Crippen LogP contribution in [0.25, 0.3) is 5.52 Å². The molecular weight excluding hydrogens is 248 g/mol. The largest absolute Gasteiger partial charge is 0.300 e. The smallest absolute Gasteiger partial charge is 0.119 e. The van der Waals surface area contributed by atoms with Gasteiger partial charge in [-0.15, -0.1) is 0 Å². The second-order valence-electron chi connectivity index (χ2n) is 6.25. The molecule has 0 bridgehead atoms. The van der Waals surface area contributed by atoms with Crippen LogP contribution in [0.4, 0.5) is 0 Å². The monoisotopic (exact) mass is 272 g/mol. The summed E-state index contributed by atoms with van der Waals surface area (Å²) in [4.78, 5) is 11.9. The predicted octanol–water partition coefficient (Wildman–Crippen LogP) is 2.93. The van der Waals surface area contributed by atoms with Crippen LogP contribution in [-0.2, 0) is 0 Å². The fourth-order valence-electron chi connectivity index (χ4n) is 3.30. The minimum Gasteiger partial charge on any atom is -0.300 e. The number of nitrogens with zero attached hydrogens (tertiary/aromatic N) is 4. The first kappa shape index (κ1) is 13.6. The molecule has 1 saturated heterocycles. The van der Waals surface area contributed by atoms with E-state index in [-0.39, 0.29) is 0 Å². The summed E-state index contributed by atoms with van der Waals surface area (Å²) in [6, 6.07) is 2.73. The zero-order valence-corrected chi connectivity index (χ0v) is 12.9. The van der Waals surface area contributed by atoms with Gasteiger partial charge >= 0.3 is 0 Å². The zero-order valence-electron chi connectivity index (χ0n) is 12.9. The Balaban J connectivity index is 2.02. The van der Waals surface area contributed by atoms with Crippen molar-refractivity contribution in [1.82, 2.24) is 19.3 Å². The van der Waals surface area contributed by atoms with Crippen molar-refractivity contribution in [2.24, 2.45) is 0 Å². The van der Waals surface area contributed by atoms with Gasteiger partial charge in [0.25, 0.3) is 0 Å². The van der Waals surface area contributed by atoms with Crippen LogP contribution in [0.5, 0.6) is 0 Å². The lowest BCUT2D eigenvalue weighted by atomic mass is 9.96. The molecule has 0 saturated carbocycles. The summed E-state index contributed by atoms with van der Waals surface area (Å²) in [5.74, 6) is 2.76. The first-order valence-corrected chi connectivity index (χ1v) is 7.62. The highest BCUT2D eigenvalue weighted by Crippen LogP contribution is 2.28. The summed E-state index contributed by atoms with van der Waals surface area (Å²) >= 11 is 0. The van der Waals surface area contributed by atoms with Crippen LogP contribution < -0.4 is 0 Å². The predicted molar refractivity (Wildman–Crippen MR) is 81.1 cm³/mol. The van der Waals surface area contributed by atoms with E-state index in [0.717, 1.165) is 18.1 Å². The maximum atomic E-state index is 4.85. The van der Waals surface area contributed by atoms with Crippen molar-refractivity contribution >= 4 is 5.52 Å². The molecule has 108 valence electrons. The average molecular weight is 272 g/mol. The van der Waals surface area contributed by atoms with Gasteiger partial charge in [-0.05, 0) is 53.1 Å². The topological polar surface area (TPSA) is 33.4 Å². The van der Waals surface area contributed by atoms with Gasteiger partial charge in [0, 0.05) is 24.2 Å². The quantitative estimate of drug-likeness (QED) is 0.843. The highest BCUT2D eigenvalue weighted by atomic mass is 15.2. The van der Waals surface area contributed by atoms with Crippen LogP contribution in [0.1, 0.15) is 49.9 Å². The maximum absolute atomic E-state index is 4.85. The summed E-state index contributed by atoms with van der Waals surface area (Å²) < 4.78 is 2.24. The van der Waals surface area contributed by atoms with Gasteiger partial charge in [0.05, 0.1) is 11.7 Å². The van der Waals surface area contributed by atoms with Gasteiger partial charge in [0.15, 0.2) is 0 Å². The van der Waals surface area contributed by atoms with Crippen LogP contribution in [0.2, 0.25) is 0 Å². The molecule has 3 rings (SSSR count). The molecule has 0 spiro atoms. The molecule has 2 aromatic rings. The molecule has 1 fully saturated rings. The molecular formula is C16H24N4. The fraction of sp³-hybridized carbons (Fsp3) is 0.625. The van der Waals surface area contributed by atoms with Gasteiger partial charge in [-0.25, -0.2) is 9.97 Å². The second kappa shape index (κ2) is 5.17. The van der Waals surface area contributed by atoms with Crippen molar-refractivity contribution in [2.75, 3.05) is 13.1 Å². The Labute approximate surface area is 120 Å². The minimum atomic E-state index is 0.515. The van der Waals surface area contributed by atoms with Crippen LogP contribution in [0.3, 0.4) is 0 Å². The summed E-state index contributed by atoms with van der Waals surface area (Å²) in [6.45, 7) is 11.0. The molecule has 2 aromatic heterocycles. The SMILES string of the molecule is Cc1cc2cnc(C)n2c(C2CCCN(C(C)C)C2)n1. The van der Waals surface area contributed by atoms with Gasteiger partial charge in [-0.2, -0.15) is 0 Å². The van der Waals surface area contributed by atoms with Gasteiger partial charge in [-0.1, -0.05) is 0 Å². The molecule has 3 heterocycles. The highest BCUT2D eigenvalue weighted by molar-refractivity contribution is 5.48. The third-order valence-corrected chi connectivity index (χ3v) is 4.39. The number of piperidine rings is 1. The standard InChI is InChI=1S/C16H24N4/c1-11(2)19-7-5-6-14(10-19)16-18-12(3)8-15-9-17-13(4)20(15)16/h8-9,11,14H,5-7,10H2,1-4H3. The number of likely N-dealkylation sites (tertiary alicyclic amines) is 1. The number of hydrogen-bond acceptors (Lipinski definition) is 3. The van der Waals surface area contributed by atoms with Crippen molar-refractivity contribution in [3.8, 4) is 0 Å². The molecule has 1 unspecified atom stereocenters. The van der Waals surface area contributed by atoms with Gasteiger partial charge < -0.3 is 4.90 Å². The first-order chi connectivity index (χ1) is 9.56. The lowest BCUT2D eigenvalue weighted by Crippen LogP contribution is -2.39. The van der Waals surface area contributed by atoms with Crippen molar-refractivity contribution in [2.45, 2.75) is 52.5 Å². The second-order valence-corrected chi connectivity index (χ2v) is 6.25. The number of imidazole rings is 1. The molecule has 1 atom stereocenters. The third-order valence-electron chi connectivity index (χ3n) is 4.39. The van der Waals surface area contributed by atoms with Crippen molar-refractivity contribution in [3.63, 3.8) is 0 Å². The normalized spacial score (nSPS) is 20.9. The Bertz CT molecular complexity index is 614. The van der Waals surface area contributed by atoms with E-state index in [4.69, 9.17) is 4.98 Å². The Morgan fingerprint density at radius 2 is 2.10 bits per heavy atom. The van der Waals surface area contributed by atoms with Crippen molar-refractivity contribution in [3.05, 3.63) is 29.6 Å². The Morgan fingerprint density at radius 3 is 2.85 bits per heavy atom. The van der Waals surface area contributed by atoms with Crippen LogP contribution >= 0.6 is 0 Å². The van der Waals surface area contributed by atoms with E-state index in [9.17, 15) is 0 Å². The highest BCUT2D eigenvalue weighted by Gasteiger charge is 2.26. The number of hydrogen-bond donors (Lipinski definition) is 0. The number of aromatic nitrogens is 3. The number of rotatable bonds is 2. The third kappa shape index (κ3) is 2.33. The van der Waals surface area contributed by atoms with Crippen molar-refractivity contribution < 1.29 is 0 Å². The van der Waals surface area contributed by atoms with E-state index in [2.05, 4.69) is 48.0 Å². The Kier molecular flexibility index (Phi) is 3.50. The summed E-state index contributed by atoms with van der Waals surface area (Å²) in [5, 5.41) is 0. The summed E-state index contributed by atoms with van der Waals surface area (Å²) in [7, 11) is 0. The lowest BCUT2D eigenvalue weighted by molar-refractivity contribution is 0.164. The molecule has 4 nitrogen and oxygen atoms in total. The van der Waals surface area contributed by atoms with Crippen LogP contribution in [0, 0.1) is 13.8 Å². The maximum Gasteiger partial charge on any atom is 0.119 e. The van der Waals surface area contributed by atoms with E-state index in [0.29, 0.717) is 12.0 Å². The Morgan fingerprint density at radius 1 is 1.30 bits per heavy atom. The molecule has 4 heteroatoms. The molecule has 0 radical (unpaired) electrons. The molecule has 0 N–H and O–H groups in total. The average Bonchev–Trinajstić information content (AvgIpc) is 2.79. The van der Waals surface area contributed by atoms with Crippen molar-refractivity contribution in [1.29, 1.82) is 0 Å². The van der Waals surface area contributed by atoms with E-state index in [1.54, 1.807) is 0 Å². The molecule has 20 heavy (non-hydrogen) atoms. The molecule has 0 amide bonds. The Hall–Kier alpha value is -1.42. The van der Waals surface area contributed by atoms with E-state index >= 15 is 0 Å². The minimum absolute atomic E-state index is 0.515.